The van der Waals surface area contributed by atoms with Crippen LogP contribution in [0.25, 0.3) is 10.8 Å². The summed E-state index contributed by atoms with van der Waals surface area (Å²) in [6.45, 7) is 0. The minimum absolute atomic E-state index is 0.212. The van der Waals surface area contributed by atoms with Crippen molar-refractivity contribution in [3.8, 4) is 16.5 Å². The van der Waals surface area contributed by atoms with Crippen molar-refractivity contribution in [2.45, 2.75) is 25.2 Å². The first-order chi connectivity index (χ1) is 7.34. The van der Waals surface area contributed by atoms with Crippen molar-refractivity contribution in [2.24, 2.45) is 0 Å². The summed E-state index contributed by atoms with van der Waals surface area (Å²) in [6.07, 6.45) is 3.55. The van der Waals surface area contributed by atoms with Crippen molar-refractivity contribution >= 4 is 11.3 Å². The van der Waals surface area contributed by atoms with Crippen LogP contribution in [0.2, 0.25) is 0 Å². The van der Waals surface area contributed by atoms with Crippen LogP contribution in [0.1, 0.15) is 31.0 Å². The second-order valence-corrected chi connectivity index (χ2v) is 4.64. The molecular formula is C10H10N2O2S. The van der Waals surface area contributed by atoms with Crippen LogP contribution in [0.5, 0.6) is 5.75 Å². The molecule has 15 heavy (non-hydrogen) atoms. The topological polar surface area (TPSA) is 59.2 Å². The van der Waals surface area contributed by atoms with E-state index in [1.54, 1.807) is 11.4 Å². The number of nitrogens with zero attached hydrogens (tertiary/aromatic N) is 2. The molecule has 78 valence electrons. The fourth-order valence-electron chi connectivity index (χ4n) is 1.62. The second-order valence-electron chi connectivity index (χ2n) is 3.72. The molecule has 0 aromatic carbocycles. The van der Waals surface area contributed by atoms with E-state index in [0.717, 1.165) is 18.7 Å². The Hall–Kier alpha value is -1.36. The Balaban J connectivity index is 1.93. The van der Waals surface area contributed by atoms with Gasteiger partial charge in [0, 0.05) is 5.92 Å². The van der Waals surface area contributed by atoms with Crippen LogP contribution in [-0.2, 0) is 0 Å². The van der Waals surface area contributed by atoms with Gasteiger partial charge in [-0.25, -0.2) is 0 Å². The maximum atomic E-state index is 9.51. The highest BCUT2D eigenvalue weighted by atomic mass is 32.1. The Morgan fingerprint density at radius 2 is 2.33 bits per heavy atom. The van der Waals surface area contributed by atoms with Gasteiger partial charge >= 0.3 is 0 Å². The molecule has 2 aromatic heterocycles. The van der Waals surface area contributed by atoms with Crippen molar-refractivity contribution in [1.82, 2.24) is 10.1 Å². The summed E-state index contributed by atoms with van der Waals surface area (Å²) in [5.74, 6) is 1.89. The Morgan fingerprint density at radius 1 is 1.47 bits per heavy atom. The molecular weight excluding hydrogens is 212 g/mol. The van der Waals surface area contributed by atoms with Crippen LogP contribution in [0, 0.1) is 0 Å². The standard InChI is InChI=1S/C10H10N2O2S/c13-7-4-5-15-8(7)10-11-9(12-14-10)6-2-1-3-6/h4-6,13H,1-3H2. The van der Waals surface area contributed by atoms with Gasteiger partial charge in [0.05, 0.1) is 0 Å². The molecule has 0 radical (unpaired) electrons. The smallest absolute Gasteiger partial charge is 0.271 e. The largest absolute Gasteiger partial charge is 0.506 e. The number of aromatic nitrogens is 2. The zero-order valence-corrected chi connectivity index (χ0v) is 8.83. The first-order valence-corrected chi connectivity index (χ1v) is 5.83. The molecule has 1 N–H and O–H groups in total. The minimum atomic E-state index is 0.212. The molecule has 0 amide bonds. The van der Waals surface area contributed by atoms with E-state index in [0.29, 0.717) is 16.7 Å². The van der Waals surface area contributed by atoms with Gasteiger partial charge in [0.1, 0.15) is 10.6 Å². The highest BCUT2D eigenvalue weighted by molar-refractivity contribution is 7.13. The van der Waals surface area contributed by atoms with Crippen molar-refractivity contribution in [3.05, 3.63) is 17.3 Å². The highest BCUT2D eigenvalue weighted by Crippen LogP contribution is 2.38. The van der Waals surface area contributed by atoms with Gasteiger partial charge in [-0.15, -0.1) is 11.3 Å². The molecule has 0 atom stereocenters. The van der Waals surface area contributed by atoms with Crippen LogP contribution < -0.4 is 0 Å². The van der Waals surface area contributed by atoms with E-state index in [1.807, 2.05) is 0 Å². The number of aromatic hydroxyl groups is 1. The number of thiophene rings is 1. The zero-order chi connectivity index (χ0) is 10.3. The van der Waals surface area contributed by atoms with Gasteiger partial charge in [-0.2, -0.15) is 4.98 Å². The Kier molecular flexibility index (Phi) is 1.98. The highest BCUT2D eigenvalue weighted by Gasteiger charge is 2.25. The lowest BCUT2D eigenvalue weighted by Gasteiger charge is -2.20. The fraction of sp³-hybridized carbons (Fsp3) is 0.400. The summed E-state index contributed by atoms with van der Waals surface area (Å²) in [4.78, 5) is 4.97. The maximum absolute atomic E-state index is 9.51. The van der Waals surface area contributed by atoms with E-state index in [1.165, 1.54) is 17.8 Å². The second kappa shape index (κ2) is 3.34. The third kappa shape index (κ3) is 1.43. The van der Waals surface area contributed by atoms with E-state index >= 15 is 0 Å². The molecule has 3 rings (SSSR count). The maximum Gasteiger partial charge on any atom is 0.271 e. The number of hydrogen-bond acceptors (Lipinski definition) is 5. The quantitative estimate of drug-likeness (QED) is 0.848. The predicted octanol–water partition coefficient (Wildman–Crippen LogP) is 2.77. The zero-order valence-electron chi connectivity index (χ0n) is 8.01. The first-order valence-electron chi connectivity index (χ1n) is 4.95. The lowest BCUT2D eigenvalue weighted by atomic mass is 9.85. The molecule has 2 heterocycles. The van der Waals surface area contributed by atoms with E-state index in [-0.39, 0.29) is 5.75 Å². The van der Waals surface area contributed by atoms with Crippen molar-refractivity contribution in [3.63, 3.8) is 0 Å². The summed E-state index contributed by atoms with van der Waals surface area (Å²) in [6, 6.07) is 1.63. The van der Waals surface area contributed by atoms with Gasteiger partial charge < -0.3 is 9.63 Å². The summed E-state index contributed by atoms with van der Waals surface area (Å²) in [5.41, 5.74) is 0. The molecule has 0 saturated heterocycles. The van der Waals surface area contributed by atoms with Gasteiger partial charge in [-0.05, 0) is 24.3 Å². The van der Waals surface area contributed by atoms with Crippen molar-refractivity contribution < 1.29 is 9.63 Å². The minimum Gasteiger partial charge on any atom is -0.506 e. The van der Waals surface area contributed by atoms with E-state index < -0.39 is 0 Å². The van der Waals surface area contributed by atoms with Gasteiger partial charge in [-0.1, -0.05) is 11.6 Å². The number of rotatable bonds is 2. The van der Waals surface area contributed by atoms with Gasteiger partial charge in [0.25, 0.3) is 5.89 Å². The molecule has 5 heteroatoms. The van der Waals surface area contributed by atoms with Crippen LogP contribution in [0.3, 0.4) is 0 Å². The van der Waals surface area contributed by atoms with Crippen LogP contribution >= 0.6 is 11.3 Å². The molecule has 0 bridgehead atoms. The average molecular weight is 222 g/mol. The summed E-state index contributed by atoms with van der Waals surface area (Å²) >= 11 is 1.41. The molecule has 2 aromatic rings. The molecule has 0 unspecified atom stereocenters. The normalized spacial score (nSPS) is 16.5. The summed E-state index contributed by atoms with van der Waals surface area (Å²) in [7, 11) is 0. The van der Waals surface area contributed by atoms with Crippen LogP contribution in [0.4, 0.5) is 0 Å². The average Bonchev–Trinajstić information content (AvgIpc) is 2.70. The Labute approximate surface area is 90.6 Å². The Bertz CT molecular complexity index is 473. The lowest BCUT2D eigenvalue weighted by molar-refractivity contribution is 0.366. The molecule has 0 aliphatic heterocycles. The molecule has 0 spiro atoms. The van der Waals surface area contributed by atoms with Crippen molar-refractivity contribution in [1.29, 1.82) is 0 Å². The third-order valence-corrected chi connectivity index (χ3v) is 3.64. The summed E-state index contributed by atoms with van der Waals surface area (Å²) in [5, 5.41) is 15.3. The van der Waals surface area contributed by atoms with E-state index in [4.69, 9.17) is 4.52 Å². The van der Waals surface area contributed by atoms with E-state index in [2.05, 4.69) is 10.1 Å². The molecule has 1 saturated carbocycles. The molecule has 4 nitrogen and oxygen atoms in total. The first kappa shape index (κ1) is 8.91. The fourth-order valence-corrected chi connectivity index (χ4v) is 2.33. The summed E-state index contributed by atoms with van der Waals surface area (Å²) < 4.78 is 5.14. The lowest BCUT2D eigenvalue weighted by Crippen LogP contribution is -2.10. The van der Waals surface area contributed by atoms with Crippen LogP contribution in [0.15, 0.2) is 16.0 Å². The predicted molar refractivity (Wildman–Crippen MR) is 55.9 cm³/mol. The Morgan fingerprint density at radius 3 is 2.93 bits per heavy atom. The van der Waals surface area contributed by atoms with Crippen molar-refractivity contribution in [2.75, 3.05) is 0 Å². The van der Waals surface area contributed by atoms with Crippen LogP contribution in [-0.4, -0.2) is 15.2 Å². The van der Waals surface area contributed by atoms with Gasteiger partial charge in [0.2, 0.25) is 0 Å². The van der Waals surface area contributed by atoms with Gasteiger partial charge in [-0.3, -0.25) is 0 Å². The SMILES string of the molecule is Oc1ccsc1-c1nc(C2CCC2)no1. The van der Waals surface area contributed by atoms with Gasteiger partial charge in [0.15, 0.2) is 5.82 Å². The molecule has 1 aliphatic carbocycles. The monoisotopic (exact) mass is 222 g/mol. The van der Waals surface area contributed by atoms with E-state index in [9.17, 15) is 5.11 Å². The molecule has 1 fully saturated rings. The molecule has 1 aliphatic rings. The third-order valence-electron chi connectivity index (χ3n) is 2.75. The number of hydrogen-bond donors (Lipinski definition) is 1.